The van der Waals surface area contributed by atoms with Crippen molar-refractivity contribution in [2.24, 2.45) is 0 Å². The summed E-state index contributed by atoms with van der Waals surface area (Å²) in [5.74, 6) is -0.908. The van der Waals surface area contributed by atoms with Crippen molar-refractivity contribution in [2.45, 2.75) is 19.3 Å². The van der Waals surface area contributed by atoms with Gasteiger partial charge in [-0.15, -0.1) is 11.3 Å². The highest BCUT2D eigenvalue weighted by atomic mass is 32.1. The van der Waals surface area contributed by atoms with Gasteiger partial charge in [0.25, 0.3) is 0 Å². The van der Waals surface area contributed by atoms with Crippen molar-refractivity contribution in [3.8, 4) is 10.6 Å². The number of thiazole rings is 1. The highest BCUT2D eigenvalue weighted by molar-refractivity contribution is 7.13. The lowest BCUT2D eigenvalue weighted by Gasteiger charge is -2.15. The van der Waals surface area contributed by atoms with Crippen LogP contribution >= 0.6 is 11.3 Å². The third kappa shape index (κ3) is 4.63. The number of carboxylic acids is 1. The molecule has 7 heteroatoms. The van der Waals surface area contributed by atoms with Crippen LogP contribution in [0.1, 0.15) is 18.5 Å². The number of aromatic nitrogens is 2. The molecule has 0 fully saturated rings. The molecular weight excluding hydrogens is 302 g/mol. The molecule has 0 atom stereocenters. The van der Waals surface area contributed by atoms with Gasteiger partial charge in [-0.2, -0.15) is 0 Å². The number of carbonyl (C=O) groups is 2. The Kier molecular flexibility index (Phi) is 5.60. The Hall–Kier alpha value is -2.28. The fourth-order valence-electron chi connectivity index (χ4n) is 1.89. The number of carboxylic acid groups (broad SMARTS) is 1. The highest BCUT2D eigenvalue weighted by Gasteiger charge is 2.13. The van der Waals surface area contributed by atoms with Gasteiger partial charge in [0.1, 0.15) is 5.01 Å². The van der Waals surface area contributed by atoms with Gasteiger partial charge >= 0.3 is 5.97 Å². The summed E-state index contributed by atoms with van der Waals surface area (Å²) in [7, 11) is 1.68. The number of rotatable bonds is 7. The second kappa shape index (κ2) is 7.65. The SMILES string of the molecule is CN(CCCC(=O)O)C(=O)Cc1csc(-c2cccnc2)n1. The fourth-order valence-corrected chi connectivity index (χ4v) is 2.70. The van der Waals surface area contributed by atoms with E-state index in [1.165, 1.54) is 11.3 Å². The molecule has 0 aliphatic rings. The summed E-state index contributed by atoms with van der Waals surface area (Å²) in [4.78, 5) is 32.6. The van der Waals surface area contributed by atoms with Gasteiger partial charge in [-0.1, -0.05) is 0 Å². The molecule has 1 amide bonds. The summed E-state index contributed by atoms with van der Waals surface area (Å²) in [6, 6.07) is 3.77. The van der Waals surface area contributed by atoms with Crippen molar-refractivity contribution in [3.63, 3.8) is 0 Å². The molecule has 0 bridgehead atoms. The van der Waals surface area contributed by atoms with Crippen LogP contribution in [0.5, 0.6) is 0 Å². The van der Waals surface area contributed by atoms with Gasteiger partial charge in [-0.3, -0.25) is 14.6 Å². The molecule has 0 aliphatic carbocycles. The second-order valence-electron chi connectivity index (χ2n) is 4.88. The Morgan fingerprint density at radius 1 is 1.41 bits per heavy atom. The quantitative estimate of drug-likeness (QED) is 0.844. The maximum atomic E-state index is 12.1. The van der Waals surface area contributed by atoms with Crippen LogP contribution in [0.3, 0.4) is 0 Å². The third-order valence-corrected chi connectivity index (χ3v) is 4.04. The van der Waals surface area contributed by atoms with E-state index >= 15 is 0 Å². The maximum Gasteiger partial charge on any atom is 0.303 e. The Labute approximate surface area is 132 Å². The lowest BCUT2D eigenvalue weighted by molar-refractivity contribution is -0.138. The Morgan fingerprint density at radius 3 is 2.91 bits per heavy atom. The second-order valence-corrected chi connectivity index (χ2v) is 5.73. The van der Waals surface area contributed by atoms with Crippen LogP contribution in [0.2, 0.25) is 0 Å². The van der Waals surface area contributed by atoms with Gasteiger partial charge < -0.3 is 10.0 Å². The van der Waals surface area contributed by atoms with E-state index < -0.39 is 5.97 Å². The summed E-state index contributed by atoms with van der Waals surface area (Å²) in [6.07, 6.45) is 4.19. The van der Waals surface area contributed by atoms with Gasteiger partial charge in [0.2, 0.25) is 5.91 Å². The predicted octanol–water partition coefficient (Wildman–Crippen LogP) is 2.07. The smallest absolute Gasteiger partial charge is 0.303 e. The van der Waals surface area contributed by atoms with Crippen LogP contribution < -0.4 is 0 Å². The van der Waals surface area contributed by atoms with Gasteiger partial charge in [0, 0.05) is 43.4 Å². The highest BCUT2D eigenvalue weighted by Crippen LogP contribution is 2.22. The molecule has 1 N–H and O–H groups in total. The minimum atomic E-state index is -0.846. The molecule has 0 aromatic carbocycles. The van der Waals surface area contributed by atoms with Crippen LogP contribution in [-0.2, 0) is 16.0 Å². The lowest BCUT2D eigenvalue weighted by Crippen LogP contribution is -2.29. The van der Waals surface area contributed by atoms with Crippen LogP contribution in [-0.4, -0.2) is 45.4 Å². The van der Waals surface area contributed by atoms with Crippen molar-refractivity contribution < 1.29 is 14.7 Å². The first-order chi connectivity index (χ1) is 10.6. The summed E-state index contributed by atoms with van der Waals surface area (Å²) in [5.41, 5.74) is 1.65. The molecule has 0 unspecified atom stereocenters. The summed E-state index contributed by atoms with van der Waals surface area (Å²) < 4.78 is 0. The number of pyridine rings is 1. The first-order valence-corrected chi connectivity index (χ1v) is 7.75. The molecule has 6 nitrogen and oxygen atoms in total. The van der Waals surface area contributed by atoms with Gasteiger partial charge in [-0.05, 0) is 18.6 Å². The Balaban J connectivity index is 1.89. The lowest BCUT2D eigenvalue weighted by atomic mass is 10.2. The molecule has 2 heterocycles. The summed E-state index contributed by atoms with van der Waals surface area (Å²) in [5, 5.41) is 11.3. The van der Waals surface area contributed by atoms with Crippen molar-refractivity contribution in [1.82, 2.24) is 14.9 Å². The Morgan fingerprint density at radius 2 is 2.23 bits per heavy atom. The zero-order valence-corrected chi connectivity index (χ0v) is 13.0. The molecule has 22 heavy (non-hydrogen) atoms. The number of hydrogen-bond acceptors (Lipinski definition) is 5. The van der Waals surface area contributed by atoms with Gasteiger partial charge in [-0.25, -0.2) is 4.98 Å². The van der Waals surface area contributed by atoms with Gasteiger partial charge in [0.15, 0.2) is 0 Å². The molecule has 0 spiro atoms. The first-order valence-electron chi connectivity index (χ1n) is 6.87. The van der Waals surface area contributed by atoms with Crippen molar-refractivity contribution >= 4 is 23.2 Å². The molecule has 0 aliphatic heterocycles. The maximum absolute atomic E-state index is 12.1. The van der Waals surface area contributed by atoms with E-state index in [1.807, 2.05) is 17.5 Å². The van der Waals surface area contributed by atoms with E-state index in [-0.39, 0.29) is 18.7 Å². The summed E-state index contributed by atoms with van der Waals surface area (Å²) in [6.45, 7) is 0.435. The zero-order chi connectivity index (χ0) is 15.9. The van der Waals surface area contributed by atoms with Crippen LogP contribution in [0.25, 0.3) is 10.6 Å². The predicted molar refractivity (Wildman–Crippen MR) is 83.6 cm³/mol. The van der Waals surface area contributed by atoms with E-state index in [0.29, 0.717) is 13.0 Å². The zero-order valence-electron chi connectivity index (χ0n) is 12.2. The van der Waals surface area contributed by atoms with Crippen LogP contribution in [0.4, 0.5) is 0 Å². The topological polar surface area (TPSA) is 83.4 Å². The summed E-state index contributed by atoms with van der Waals surface area (Å²) >= 11 is 1.48. The molecule has 2 rings (SSSR count). The van der Waals surface area contributed by atoms with E-state index in [4.69, 9.17) is 5.11 Å². The van der Waals surface area contributed by atoms with E-state index in [2.05, 4.69) is 9.97 Å². The van der Waals surface area contributed by atoms with Crippen LogP contribution in [0, 0.1) is 0 Å². The number of hydrogen-bond donors (Lipinski definition) is 1. The molecule has 0 saturated heterocycles. The third-order valence-electron chi connectivity index (χ3n) is 3.10. The number of nitrogens with zero attached hydrogens (tertiary/aromatic N) is 3. The minimum Gasteiger partial charge on any atom is -0.481 e. The molecule has 2 aromatic heterocycles. The normalized spacial score (nSPS) is 10.4. The molecule has 116 valence electrons. The number of likely N-dealkylation sites (N-methyl/N-ethyl adjacent to an activating group) is 1. The monoisotopic (exact) mass is 319 g/mol. The molecular formula is C15H17N3O3S. The van der Waals surface area contributed by atoms with Crippen molar-refractivity contribution in [1.29, 1.82) is 0 Å². The molecule has 0 saturated carbocycles. The minimum absolute atomic E-state index is 0.0616. The fraction of sp³-hybridized carbons (Fsp3) is 0.333. The largest absolute Gasteiger partial charge is 0.481 e. The Bertz CT molecular complexity index is 642. The van der Waals surface area contributed by atoms with E-state index in [9.17, 15) is 9.59 Å². The number of aliphatic carboxylic acids is 1. The standard InChI is InChI=1S/C15H17N3O3S/c1-18(7-3-5-14(20)21)13(19)8-12-10-22-15(17-12)11-4-2-6-16-9-11/h2,4,6,9-10H,3,5,7-8H2,1H3,(H,20,21). The first kappa shape index (κ1) is 16.1. The van der Waals surface area contributed by atoms with E-state index in [0.717, 1.165) is 16.3 Å². The van der Waals surface area contributed by atoms with Crippen molar-refractivity contribution in [2.75, 3.05) is 13.6 Å². The van der Waals surface area contributed by atoms with Crippen molar-refractivity contribution in [3.05, 3.63) is 35.6 Å². The van der Waals surface area contributed by atoms with Crippen LogP contribution in [0.15, 0.2) is 29.9 Å². The van der Waals surface area contributed by atoms with E-state index in [1.54, 1.807) is 24.3 Å². The molecule has 0 radical (unpaired) electrons. The average molecular weight is 319 g/mol. The molecule has 2 aromatic rings. The average Bonchev–Trinajstić information content (AvgIpc) is 2.96. The van der Waals surface area contributed by atoms with Gasteiger partial charge in [0.05, 0.1) is 12.1 Å². The number of carbonyl (C=O) groups excluding carboxylic acids is 1. The number of amides is 1.